The van der Waals surface area contributed by atoms with Crippen molar-refractivity contribution in [3.63, 3.8) is 0 Å². The molecular formula is C16H11ClN3O2S-. The summed E-state index contributed by atoms with van der Waals surface area (Å²) in [4.78, 5) is 10.8. The molecule has 1 N–H and O–H groups in total. The van der Waals surface area contributed by atoms with Gasteiger partial charge in [-0.25, -0.2) is 0 Å². The minimum atomic E-state index is -1.21. The van der Waals surface area contributed by atoms with E-state index in [2.05, 4.69) is 10.2 Å². The van der Waals surface area contributed by atoms with Crippen LogP contribution in [0.3, 0.4) is 0 Å². The summed E-state index contributed by atoms with van der Waals surface area (Å²) in [5.74, 6) is -0.493. The van der Waals surface area contributed by atoms with E-state index in [4.69, 9.17) is 23.8 Å². The van der Waals surface area contributed by atoms with Crippen molar-refractivity contribution in [2.24, 2.45) is 0 Å². The largest absolute Gasteiger partial charge is 0.545 e. The first-order valence-corrected chi connectivity index (χ1v) is 7.56. The molecule has 0 saturated carbocycles. The van der Waals surface area contributed by atoms with Gasteiger partial charge in [-0.3, -0.25) is 9.67 Å². The van der Waals surface area contributed by atoms with Crippen LogP contribution in [-0.2, 0) is 6.42 Å². The van der Waals surface area contributed by atoms with E-state index < -0.39 is 5.97 Å². The van der Waals surface area contributed by atoms with E-state index in [1.807, 2.05) is 24.3 Å². The van der Waals surface area contributed by atoms with Crippen molar-refractivity contribution in [3.8, 4) is 5.69 Å². The minimum Gasteiger partial charge on any atom is -0.545 e. The predicted molar refractivity (Wildman–Crippen MR) is 87.3 cm³/mol. The van der Waals surface area contributed by atoms with Gasteiger partial charge in [0.15, 0.2) is 4.77 Å². The van der Waals surface area contributed by atoms with Crippen molar-refractivity contribution in [3.05, 3.63) is 75.3 Å². The highest BCUT2D eigenvalue weighted by Crippen LogP contribution is 2.17. The molecular weight excluding hydrogens is 334 g/mol. The van der Waals surface area contributed by atoms with E-state index in [1.54, 1.807) is 16.7 Å². The highest BCUT2D eigenvalue weighted by Gasteiger charge is 2.09. The molecule has 3 aromatic rings. The number of carboxylic acid groups (broad SMARTS) is 1. The van der Waals surface area contributed by atoms with Crippen LogP contribution >= 0.6 is 23.8 Å². The van der Waals surface area contributed by atoms with Crippen LogP contribution in [-0.4, -0.2) is 20.7 Å². The quantitative estimate of drug-likeness (QED) is 0.738. The predicted octanol–water partition coefficient (Wildman–Crippen LogP) is 2.54. The number of aromatic nitrogens is 3. The fourth-order valence-electron chi connectivity index (χ4n) is 2.25. The molecule has 0 saturated heterocycles. The van der Waals surface area contributed by atoms with Crippen LogP contribution in [0.25, 0.3) is 5.69 Å². The van der Waals surface area contributed by atoms with Crippen molar-refractivity contribution >= 4 is 29.8 Å². The molecule has 1 heterocycles. The molecule has 5 nitrogen and oxygen atoms in total. The lowest BCUT2D eigenvalue weighted by atomic mass is 10.1. The fourth-order valence-corrected chi connectivity index (χ4v) is 2.63. The van der Waals surface area contributed by atoms with Gasteiger partial charge in [0.1, 0.15) is 5.82 Å². The lowest BCUT2D eigenvalue weighted by Gasteiger charge is -2.09. The topological polar surface area (TPSA) is 73.7 Å². The Morgan fingerprint density at radius 3 is 2.43 bits per heavy atom. The summed E-state index contributed by atoms with van der Waals surface area (Å²) in [6, 6.07) is 13.8. The number of carbonyl (C=O) groups is 1. The zero-order valence-electron chi connectivity index (χ0n) is 11.8. The number of halogens is 1. The molecule has 0 fully saturated rings. The molecule has 23 heavy (non-hydrogen) atoms. The number of benzene rings is 2. The maximum absolute atomic E-state index is 10.8. The summed E-state index contributed by atoms with van der Waals surface area (Å²) in [6.45, 7) is 0. The first-order valence-electron chi connectivity index (χ1n) is 6.77. The number of rotatable bonds is 4. The maximum atomic E-state index is 10.8. The molecule has 0 spiro atoms. The zero-order chi connectivity index (χ0) is 16.4. The monoisotopic (exact) mass is 344 g/mol. The molecule has 0 aliphatic rings. The van der Waals surface area contributed by atoms with Gasteiger partial charge in [-0.2, -0.15) is 5.10 Å². The molecule has 3 rings (SSSR count). The molecule has 0 radical (unpaired) electrons. The number of hydrogen-bond acceptors (Lipinski definition) is 4. The van der Waals surface area contributed by atoms with Gasteiger partial charge in [-0.05, 0) is 47.6 Å². The second kappa shape index (κ2) is 6.36. The lowest BCUT2D eigenvalue weighted by Crippen LogP contribution is -2.22. The van der Waals surface area contributed by atoms with Crippen LogP contribution in [0.15, 0.2) is 48.5 Å². The van der Waals surface area contributed by atoms with Crippen LogP contribution < -0.4 is 5.11 Å². The van der Waals surface area contributed by atoms with Crippen molar-refractivity contribution in [1.82, 2.24) is 14.8 Å². The van der Waals surface area contributed by atoms with E-state index in [0.717, 1.165) is 17.1 Å². The van der Waals surface area contributed by atoms with E-state index in [9.17, 15) is 9.90 Å². The van der Waals surface area contributed by atoms with E-state index in [0.29, 0.717) is 16.2 Å². The molecule has 0 aliphatic carbocycles. The third-order valence-corrected chi connectivity index (χ3v) is 3.90. The van der Waals surface area contributed by atoms with Gasteiger partial charge in [0.25, 0.3) is 0 Å². The number of carboxylic acids is 1. The van der Waals surface area contributed by atoms with Gasteiger partial charge in [-0.1, -0.05) is 35.9 Å². The first kappa shape index (κ1) is 15.5. The van der Waals surface area contributed by atoms with Crippen molar-refractivity contribution in [1.29, 1.82) is 0 Å². The Balaban J connectivity index is 1.96. The first-order chi connectivity index (χ1) is 11.0. The summed E-state index contributed by atoms with van der Waals surface area (Å²) in [6.07, 6.45) is 0.562. The SMILES string of the molecule is O=C([O-])c1ccc(-n2c(Cc3ccc(Cl)cc3)n[nH]c2=S)cc1. The van der Waals surface area contributed by atoms with Crippen LogP contribution in [0.2, 0.25) is 5.02 Å². The van der Waals surface area contributed by atoms with Crippen molar-refractivity contribution in [2.45, 2.75) is 6.42 Å². The van der Waals surface area contributed by atoms with Gasteiger partial charge >= 0.3 is 0 Å². The second-order valence-corrected chi connectivity index (χ2v) is 5.74. The van der Waals surface area contributed by atoms with Crippen LogP contribution in [0.1, 0.15) is 21.7 Å². The van der Waals surface area contributed by atoms with Gasteiger partial charge in [0, 0.05) is 17.1 Å². The Morgan fingerprint density at radius 1 is 1.17 bits per heavy atom. The number of hydrogen-bond donors (Lipinski definition) is 1. The van der Waals surface area contributed by atoms with Gasteiger partial charge < -0.3 is 9.90 Å². The summed E-state index contributed by atoms with van der Waals surface area (Å²) >= 11 is 11.2. The van der Waals surface area contributed by atoms with Crippen LogP contribution in [0.5, 0.6) is 0 Å². The maximum Gasteiger partial charge on any atom is 0.199 e. The number of aromatic amines is 1. The summed E-state index contributed by atoms with van der Waals surface area (Å²) in [7, 11) is 0. The Hall–Kier alpha value is -2.44. The number of H-pyrrole nitrogens is 1. The Morgan fingerprint density at radius 2 is 1.83 bits per heavy atom. The molecule has 116 valence electrons. The molecule has 0 amide bonds. The summed E-state index contributed by atoms with van der Waals surface area (Å²) < 4.78 is 2.21. The molecule has 0 unspecified atom stereocenters. The average molecular weight is 345 g/mol. The third kappa shape index (κ3) is 3.33. The van der Waals surface area contributed by atoms with Crippen molar-refractivity contribution < 1.29 is 9.90 Å². The number of nitrogens with one attached hydrogen (secondary N) is 1. The zero-order valence-corrected chi connectivity index (χ0v) is 13.4. The van der Waals surface area contributed by atoms with Crippen LogP contribution in [0.4, 0.5) is 0 Å². The minimum absolute atomic E-state index is 0.114. The lowest BCUT2D eigenvalue weighted by molar-refractivity contribution is -0.255. The van der Waals surface area contributed by atoms with Gasteiger partial charge in [0.05, 0.1) is 5.97 Å². The second-order valence-electron chi connectivity index (χ2n) is 4.92. The molecule has 0 aliphatic heterocycles. The molecule has 7 heteroatoms. The van der Waals surface area contributed by atoms with E-state index >= 15 is 0 Å². The Labute approximate surface area is 142 Å². The Bertz CT molecular complexity index is 898. The molecule has 0 bridgehead atoms. The number of carbonyl (C=O) groups excluding carboxylic acids is 1. The highest BCUT2D eigenvalue weighted by molar-refractivity contribution is 7.71. The number of nitrogens with zero attached hydrogens (tertiary/aromatic N) is 2. The summed E-state index contributed by atoms with van der Waals surface area (Å²) in [5.41, 5.74) is 1.89. The van der Waals surface area contributed by atoms with Crippen molar-refractivity contribution in [2.75, 3.05) is 0 Å². The average Bonchev–Trinajstić information content (AvgIpc) is 2.90. The Kier molecular flexibility index (Phi) is 4.27. The third-order valence-electron chi connectivity index (χ3n) is 3.38. The highest BCUT2D eigenvalue weighted by atomic mass is 35.5. The normalized spacial score (nSPS) is 10.7. The summed E-state index contributed by atoms with van der Waals surface area (Å²) in [5, 5.41) is 18.5. The van der Waals surface area contributed by atoms with Crippen LogP contribution in [0, 0.1) is 4.77 Å². The van der Waals surface area contributed by atoms with E-state index in [1.165, 1.54) is 12.1 Å². The standard InChI is InChI=1S/C16H12ClN3O2S/c17-12-5-1-10(2-6-12)9-14-18-19-16(23)20(14)13-7-3-11(4-8-13)15(21)22/h1-8H,9H2,(H,19,23)(H,21,22)/p-1. The van der Waals surface area contributed by atoms with Gasteiger partial charge in [0.2, 0.25) is 0 Å². The van der Waals surface area contributed by atoms with E-state index in [-0.39, 0.29) is 5.56 Å². The molecule has 2 aromatic carbocycles. The van der Waals surface area contributed by atoms with Gasteiger partial charge in [-0.15, -0.1) is 0 Å². The molecule has 1 aromatic heterocycles. The fraction of sp³-hybridized carbons (Fsp3) is 0.0625. The number of aromatic carboxylic acids is 1. The smallest absolute Gasteiger partial charge is 0.199 e. The molecule has 0 atom stereocenters.